The van der Waals surface area contributed by atoms with Gasteiger partial charge >= 0.3 is 5.69 Å². The van der Waals surface area contributed by atoms with Gasteiger partial charge in [-0.15, -0.1) is 5.10 Å². The van der Waals surface area contributed by atoms with E-state index in [0.29, 0.717) is 24.2 Å². The van der Waals surface area contributed by atoms with Crippen molar-refractivity contribution in [2.24, 2.45) is 11.8 Å². The van der Waals surface area contributed by atoms with Gasteiger partial charge in [-0.1, -0.05) is 58.2 Å². The second-order valence-electron chi connectivity index (χ2n) is 10.6. The van der Waals surface area contributed by atoms with Crippen molar-refractivity contribution in [3.05, 3.63) is 70.7 Å². The number of benzene rings is 1. The van der Waals surface area contributed by atoms with E-state index < -0.39 is 0 Å². The topological polar surface area (TPSA) is 94.3 Å². The first-order valence-corrected chi connectivity index (χ1v) is 13.6. The zero-order valence-electron chi connectivity index (χ0n) is 22.1. The van der Waals surface area contributed by atoms with E-state index in [1.54, 1.807) is 0 Å². The van der Waals surface area contributed by atoms with Crippen LogP contribution < -0.4 is 5.69 Å². The van der Waals surface area contributed by atoms with Crippen molar-refractivity contribution in [1.29, 1.82) is 0 Å². The molecule has 0 spiro atoms. The fraction of sp³-hybridized carbons (Fsp3) is 0.483. The van der Waals surface area contributed by atoms with Gasteiger partial charge in [0.25, 0.3) is 0 Å². The number of H-pyrrole nitrogens is 1. The number of nitrogens with zero attached hydrogens (tertiary/aromatic N) is 6. The summed E-state index contributed by atoms with van der Waals surface area (Å²) in [5, 5.41) is 14.2. The molecule has 0 amide bonds. The van der Waals surface area contributed by atoms with E-state index in [1.807, 2.05) is 29.0 Å². The molecule has 8 nitrogen and oxygen atoms in total. The molecule has 3 heterocycles. The zero-order valence-corrected chi connectivity index (χ0v) is 22.1. The number of aromatic amines is 1. The molecule has 0 aliphatic heterocycles. The third-order valence-corrected chi connectivity index (χ3v) is 7.82. The Morgan fingerprint density at radius 3 is 2.68 bits per heavy atom. The van der Waals surface area contributed by atoms with E-state index in [2.05, 4.69) is 75.3 Å². The fourth-order valence-electron chi connectivity index (χ4n) is 5.81. The van der Waals surface area contributed by atoms with Crippen molar-refractivity contribution < 1.29 is 0 Å². The van der Waals surface area contributed by atoms with Gasteiger partial charge in [0.2, 0.25) is 0 Å². The molecule has 5 rings (SSSR count). The summed E-state index contributed by atoms with van der Waals surface area (Å²) in [7, 11) is 0. The SMILES string of the molecule is CCCCc1cn(C2CCCCC2C(C)C)c(=O)n1Cc1cc(-c2cccc(-c3nnn[nH]3)c2)ccn1. The van der Waals surface area contributed by atoms with E-state index in [1.165, 1.54) is 19.3 Å². The van der Waals surface area contributed by atoms with Crippen LogP contribution in [0.5, 0.6) is 0 Å². The van der Waals surface area contributed by atoms with Crippen LogP contribution in [-0.4, -0.2) is 34.7 Å². The van der Waals surface area contributed by atoms with Gasteiger partial charge in [0.15, 0.2) is 5.82 Å². The predicted octanol–water partition coefficient (Wildman–Crippen LogP) is 5.67. The molecule has 0 bridgehead atoms. The monoisotopic (exact) mass is 499 g/mol. The van der Waals surface area contributed by atoms with Crippen molar-refractivity contribution in [3.63, 3.8) is 0 Å². The maximum absolute atomic E-state index is 13.8. The van der Waals surface area contributed by atoms with Crippen LogP contribution in [0, 0.1) is 11.8 Å². The van der Waals surface area contributed by atoms with Gasteiger partial charge in [-0.05, 0) is 77.3 Å². The van der Waals surface area contributed by atoms with Crippen molar-refractivity contribution in [2.45, 2.75) is 78.3 Å². The second kappa shape index (κ2) is 11.2. The van der Waals surface area contributed by atoms with Gasteiger partial charge in [-0.3, -0.25) is 14.1 Å². The highest BCUT2D eigenvalue weighted by Crippen LogP contribution is 2.38. The number of tetrazole rings is 1. The lowest BCUT2D eigenvalue weighted by Crippen LogP contribution is -2.34. The molecule has 4 aromatic rings. The Morgan fingerprint density at radius 1 is 1.08 bits per heavy atom. The molecule has 8 heteroatoms. The van der Waals surface area contributed by atoms with E-state index in [9.17, 15) is 4.79 Å². The summed E-state index contributed by atoms with van der Waals surface area (Å²) in [4.78, 5) is 18.5. The average molecular weight is 500 g/mol. The molecule has 1 saturated carbocycles. The highest BCUT2D eigenvalue weighted by atomic mass is 16.1. The standard InChI is InChI=1S/C29H37N7O/c1-4-5-11-25-19-36(27-13-7-6-12-26(27)20(2)3)29(37)35(25)18-24-17-22(14-15-30-24)21-9-8-10-23(16-21)28-31-33-34-32-28/h8-10,14-17,19-20,26-27H,4-7,11-13,18H2,1-3H3,(H,31,32,33,34). The quantitative estimate of drug-likeness (QED) is 0.320. The molecule has 1 aliphatic carbocycles. The van der Waals surface area contributed by atoms with Crippen LogP contribution in [-0.2, 0) is 13.0 Å². The summed E-state index contributed by atoms with van der Waals surface area (Å²) in [6.07, 6.45) is 11.8. The molecule has 3 aromatic heterocycles. The summed E-state index contributed by atoms with van der Waals surface area (Å²) in [6, 6.07) is 12.5. The molecule has 1 aromatic carbocycles. The molecule has 37 heavy (non-hydrogen) atoms. The number of aryl methyl sites for hydroxylation is 1. The van der Waals surface area contributed by atoms with Crippen LogP contribution in [0.2, 0.25) is 0 Å². The number of unbranched alkanes of at least 4 members (excludes halogenated alkanes) is 1. The number of pyridine rings is 1. The number of nitrogens with one attached hydrogen (secondary N) is 1. The molecular weight excluding hydrogens is 462 g/mol. The van der Waals surface area contributed by atoms with Crippen LogP contribution in [0.25, 0.3) is 22.5 Å². The second-order valence-corrected chi connectivity index (χ2v) is 10.6. The van der Waals surface area contributed by atoms with E-state index in [0.717, 1.165) is 53.8 Å². The van der Waals surface area contributed by atoms with Crippen molar-refractivity contribution in [1.82, 2.24) is 34.7 Å². The Labute approximate surface area is 218 Å². The van der Waals surface area contributed by atoms with Gasteiger partial charge in [-0.25, -0.2) is 9.89 Å². The largest absolute Gasteiger partial charge is 0.328 e. The number of rotatable bonds is 9. The minimum Gasteiger partial charge on any atom is -0.296 e. The predicted molar refractivity (Wildman–Crippen MR) is 145 cm³/mol. The summed E-state index contributed by atoms with van der Waals surface area (Å²) in [5.41, 5.74) is 5.13. The van der Waals surface area contributed by atoms with Gasteiger partial charge in [0, 0.05) is 29.7 Å². The molecular formula is C29H37N7O. The Bertz CT molecular complexity index is 1370. The number of hydrogen-bond acceptors (Lipinski definition) is 5. The first kappa shape index (κ1) is 25.1. The Morgan fingerprint density at radius 2 is 1.89 bits per heavy atom. The molecule has 1 fully saturated rings. The third-order valence-electron chi connectivity index (χ3n) is 7.82. The van der Waals surface area contributed by atoms with Gasteiger partial charge < -0.3 is 0 Å². The molecule has 0 radical (unpaired) electrons. The minimum atomic E-state index is 0.107. The van der Waals surface area contributed by atoms with Crippen LogP contribution in [0.15, 0.2) is 53.6 Å². The lowest BCUT2D eigenvalue weighted by molar-refractivity contribution is 0.180. The zero-order chi connectivity index (χ0) is 25.8. The normalized spacial score (nSPS) is 17.9. The van der Waals surface area contributed by atoms with Crippen molar-refractivity contribution >= 4 is 0 Å². The molecule has 1 N–H and O–H groups in total. The third kappa shape index (κ3) is 5.43. The van der Waals surface area contributed by atoms with E-state index in [4.69, 9.17) is 0 Å². The highest BCUT2D eigenvalue weighted by molar-refractivity contribution is 5.70. The molecule has 2 unspecified atom stereocenters. The fourth-order valence-corrected chi connectivity index (χ4v) is 5.81. The summed E-state index contributed by atoms with van der Waals surface area (Å²) in [5.74, 6) is 1.75. The Kier molecular flexibility index (Phi) is 7.63. The first-order valence-electron chi connectivity index (χ1n) is 13.6. The average Bonchev–Trinajstić information content (AvgIpc) is 3.57. The van der Waals surface area contributed by atoms with E-state index in [-0.39, 0.29) is 11.7 Å². The molecule has 0 saturated heterocycles. The Hall–Kier alpha value is -3.55. The summed E-state index contributed by atoms with van der Waals surface area (Å²) in [6.45, 7) is 7.27. The Balaban J connectivity index is 1.47. The van der Waals surface area contributed by atoms with Crippen LogP contribution >= 0.6 is 0 Å². The lowest BCUT2D eigenvalue weighted by atomic mass is 9.78. The van der Waals surface area contributed by atoms with Gasteiger partial charge in [0.1, 0.15) is 0 Å². The molecule has 1 aliphatic rings. The van der Waals surface area contributed by atoms with Crippen LogP contribution in [0.3, 0.4) is 0 Å². The smallest absolute Gasteiger partial charge is 0.296 e. The molecule has 2 atom stereocenters. The summed E-state index contributed by atoms with van der Waals surface area (Å²) < 4.78 is 4.03. The van der Waals surface area contributed by atoms with E-state index >= 15 is 0 Å². The van der Waals surface area contributed by atoms with Gasteiger partial charge in [-0.2, -0.15) is 0 Å². The lowest BCUT2D eigenvalue weighted by Gasteiger charge is -2.34. The first-order chi connectivity index (χ1) is 18.0. The van der Waals surface area contributed by atoms with Crippen molar-refractivity contribution in [3.8, 4) is 22.5 Å². The van der Waals surface area contributed by atoms with Gasteiger partial charge in [0.05, 0.1) is 12.2 Å². The van der Waals surface area contributed by atoms with Crippen LogP contribution in [0.1, 0.15) is 76.7 Å². The highest BCUT2D eigenvalue weighted by Gasteiger charge is 2.31. The minimum absolute atomic E-state index is 0.107. The van der Waals surface area contributed by atoms with Crippen LogP contribution in [0.4, 0.5) is 0 Å². The number of hydrogen-bond donors (Lipinski definition) is 1. The molecule has 194 valence electrons. The number of aromatic nitrogens is 7. The van der Waals surface area contributed by atoms with Crippen molar-refractivity contribution in [2.75, 3.05) is 0 Å². The summed E-state index contributed by atoms with van der Waals surface area (Å²) >= 11 is 0. The number of imidazole rings is 1. The maximum atomic E-state index is 13.8. The maximum Gasteiger partial charge on any atom is 0.328 e.